The smallest absolute Gasteiger partial charge is 0.255 e. The molecule has 0 atom stereocenters. The van der Waals surface area contributed by atoms with E-state index < -0.39 is 0 Å². The molecule has 2 amide bonds. The minimum atomic E-state index is -0.373. The summed E-state index contributed by atoms with van der Waals surface area (Å²) in [4.78, 5) is 46.9. The van der Waals surface area contributed by atoms with Crippen molar-refractivity contribution in [1.29, 1.82) is 5.26 Å². The first kappa shape index (κ1) is 23.6. The first-order chi connectivity index (χ1) is 16.1. The summed E-state index contributed by atoms with van der Waals surface area (Å²) in [5, 5.41) is 11.9. The van der Waals surface area contributed by atoms with Crippen molar-refractivity contribution in [3.8, 4) is 6.07 Å². The maximum atomic E-state index is 12.8. The highest BCUT2D eigenvalue weighted by Gasteiger charge is 2.21. The molecule has 3 heterocycles. The number of allylic oxidation sites excluding steroid dienone is 4. The van der Waals surface area contributed by atoms with Crippen LogP contribution in [-0.2, 0) is 16.1 Å². The number of hydrogen-bond donors (Lipinski definition) is 1. The van der Waals surface area contributed by atoms with Crippen LogP contribution in [0.25, 0.3) is 11.2 Å². The molecule has 0 radical (unpaired) electrons. The van der Waals surface area contributed by atoms with E-state index in [1.165, 1.54) is 18.3 Å². The van der Waals surface area contributed by atoms with E-state index in [2.05, 4.69) is 21.9 Å². The fourth-order valence-corrected chi connectivity index (χ4v) is 3.60. The monoisotopic (exact) mass is 446 g/mol. The number of aldehydes is 1. The van der Waals surface area contributed by atoms with Crippen molar-refractivity contribution in [2.75, 3.05) is 18.4 Å². The van der Waals surface area contributed by atoms with E-state index in [1.54, 1.807) is 22.8 Å². The number of aromatic nitrogens is 3. The number of rotatable bonds is 9. The molecule has 2 aromatic heterocycles. The van der Waals surface area contributed by atoms with Crippen molar-refractivity contribution in [3.63, 3.8) is 0 Å². The van der Waals surface area contributed by atoms with Crippen molar-refractivity contribution < 1.29 is 14.4 Å². The third kappa shape index (κ3) is 6.01. The quantitative estimate of drug-likeness (QED) is 0.359. The molecule has 3 rings (SSSR count). The summed E-state index contributed by atoms with van der Waals surface area (Å²) in [6.07, 6.45) is 11.8. The highest BCUT2D eigenvalue weighted by Crippen LogP contribution is 2.21. The molecule has 9 nitrogen and oxygen atoms in total. The first-order valence-corrected chi connectivity index (χ1v) is 10.9. The lowest BCUT2D eigenvalue weighted by Crippen LogP contribution is -2.35. The molecule has 1 N–H and O–H groups in total. The molecule has 1 aliphatic heterocycles. The van der Waals surface area contributed by atoms with Gasteiger partial charge in [-0.05, 0) is 31.4 Å². The number of aryl methyl sites for hydroxylation is 1. The van der Waals surface area contributed by atoms with Crippen LogP contribution in [0.4, 0.5) is 5.95 Å². The van der Waals surface area contributed by atoms with Gasteiger partial charge < -0.3 is 9.69 Å². The number of imidazole rings is 1. The summed E-state index contributed by atoms with van der Waals surface area (Å²) in [7, 11) is 0. The van der Waals surface area contributed by atoms with Gasteiger partial charge >= 0.3 is 0 Å². The average Bonchev–Trinajstić information content (AvgIpc) is 3.18. The zero-order valence-corrected chi connectivity index (χ0v) is 18.4. The number of pyridine rings is 1. The summed E-state index contributed by atoms with van der Waals surface area (Å²) in [5.74, 6) is -0.221. The number of amides is 2. The van der Waals surface area contributed by atoms with Crippen molar-refractivity contribution >= 4 is 35.2 Å². The van der Waals surface area contributed by atoms with Gasteiger partial charge in [-0.1, -0.05) is 24.8 Å². The van der Waals surface area contributed by atoms with Gasteiger partial charge in [0.2, 0.25) is 11.9 Å². The van der Waals surface area contributed by atoms with E-state index in [9.17, 15) is 14.4 Å². The van der Waals surface area contributed by atoms with Gasteiger partial charge in [-0.25, -0.2) is 9.97 Å². The van der Waals surface area contributed by atoms with Gasteiger partial charge in [0.1, 0.15) is 11.8 Å². The minimum Gasteiger partial charge on any atom is -0.339 e. The molecule has 2 aromatic rings. The molecule has 33 heavy (non-hydrogen) atoms. The number of fused-ring (bicyclic) bond motifs is 1. The second-order valence-electron chi connectivity index (χ2n) is 7.58. The molecule has 1 aliphatic rings. The van der Waals surface area contributed by atoms with Crippen molar-refractivity contribution in [1.82, 2.24) is 19.4 Å². The lowest BCUT2D eigenvalue weighted by atomic mass is 10.1. The fourth-order valence-electron chi connectivity index (χ4n) is 3.60. The van der Waals surface area contributed by atoms with Crippen LogP contribution in [-0.4, -0.2) is 50.6 Å². The van der Waals surface area contributed by atoms with Crippen molar-refractivity contribution in [2.24, 2.45) is 0 Å². The maximum absolute atomic E-state index is 12.8. The van der Waals surface area contributed by atoms with Gasteiger partial charge in [0.05, 0.1) is 11.6 Å². The third-order valence-electron chi connectivity index (χ3n) is 5.25. The maximum Gasteiger partial charge on any atom is 0.255 e. The molecule has 0 spiro atoms. The van der Waals surface area contributed by atoms with Crippen LogP contribution < -0.4 is 5.32 Å². The standard InChI is InChI=1S/C24H26N6O3/c1-2-3-8-18(16-25)9-10-21(32)28-24-27-20-15-19(23(33)29-11-5-4-6-12-29)17-26-22(20)30(24)13-7-14-31/h2-3,8-9,14-15,17H,1,4-7,10-13H2,(H,27,28,32)/b8-3-,18-9+. The van der Waals surface area contributed by atoms with E-state index in [0.29, 0.717) is 22.3 Å². The number of nitrogens with one attached hydrogen (secondary N) is 1. The summed E-state index contributed by atoms with van der Waals surface area (Å²) in [6, 6.07) is 3.67. The number of likely N-dealkylation sites (tertiary alicyclic amines) is 1. The number of hydrogen-bond acceptors (Lipinski definition) is 6. The zero-order valence-electron chi connectivity index (χ0n) is 18.4. The van der Waals surface area contributed by atoms with E-state index in [4.69, 9.17) is 5.26 Å². The fraction of sp³-hybridized carbons (Fsp3) is 0.333. The highest BCUT2D eigenvalue weighted by molar-refractivity contribution is 5.97. The van der Waals surface area contributed by atoms with Crippen LogP contribution >= 0.6 is 0 Å². The Morgan fingerprint density at radius 3 is 2.76 bits per heavy atom. The van der Waals surface area contributed by atoms with Gasteiger partial charge in [0.15, 0.2) is 5.65 Å². The van der Waals surface area contributed by atoms with Crippen LogP contribution in [0.5, 0.6) is 0 Å². The number of nitriles is 1. The zero-order chi connectivity index (χ0) is 23.6. The molecule has 0 saturated carbocycles. The van der Waals surface area contributed by atoms with Crippen molar-refractivity contribution in [3.05, 3.63) is 54.3 Å². The number of carbonyl (C=O) groups is 3. The summed E-state index contributed by atoms with van der Waals surface area (Å²) in [5.41, 5.74) is 1.71. The van der Waals surface area contributed by atoms with Gasteiger partial charge in [-0.15, -0.1) is 0 Å². The SMILES string of the molecule is C=C/C=C\C(C#N)=C/CC(=O)Nc1nc2cc(C(=O)N3CCCCC3)cnc2n1CCC=O. The molecule has 170 valence electrons. The van der Waals surface area contributed by atoms with E-state index >= 15 is 0 Å². The Labute approximate surface area is 192 Å². The van der Waals surface area contributed by atoms with Crippen LogP contribution in [0.15, 0.2) is 48.7 Å². The Morgan fingerprint density at radius 2 is 2.06 bits per heavy atom. The normalized spacial score (nSPS) is 14.3. The third-order valence-corrected chi connectivity index (χ3v) is 5.25. The van der Waals surface area contributed by atoms with Gasteiger partial charge in [-0.3, -0.25) is 19.5 Å². The molecule has 0 aromatic carbocycles. The summed E-state index contributed by atoms with van der Waals surface area (Å²) >= 11 is 0. The van der Waals surface area contributed by atoms with E-state index in [0.717, 1.165) is 38.6 Å². The predicted octanol–water partition coefficient (Wildman–Crippen LogP) is 3.17. The number of anilines is 1. The molecule has 1 fully saturated rings. The Morgan fingerprint density at radius 1 is 1.27 bits per heavy atom. The van der Waals surface area contributed by atoms with Gasteiger partial charge in [-0.2, -0.15) is 5.26 Å². The van der Waals surface area contributed by atoms with E-state index in [1.807, 2.05) is 11.0 Å². The first-order valence-electron chi connectivity index (χ1n) is 10.9. The molecule has 1 saturated heterocycles. The van der Waals surface area contributed by atoms with E-state index in [-0.39, 0.29) is 37.1 Å². The van der Waals surface area contributed by atoms with Crippen molar-refractivity contribution in [2.45, 2.75) is 38.6 Å². The molecule has 0 bridgehead atoms. The predicted molar refractivity (Wildman–Crippen MR) is 124 cm³/mol. The topological polar surface area (TPSA) is 121 Å². The number of carbonyl (C=O) groups excluding carboxylic acids is 3. The molecular formula is C24H26N6O3. The van der Waals surface area contributed by atoms with Crippen LogP contribution in [0, 0.1) is 11.3 Å². The molecule has 0 unspecified atom stereocenters. The lowest BCUT2D eigenvalue weighted by molar-refractivity contribution is -0.115. The molecule has 0 aliphatic carbocycles. The Hall–Kier alpha value is -4.06. The van der Waals surface area contributed by atoms with Crippen LogP contribution in [0.2, 0.25) is 0 Å². The second kappa shape index (κ2) is 11.5. The Kier molecular flexibility index (Phi) is 8.24. The minimum absolute atomic E-state index is 0.0343. The van der Waals surface area contributed by atoms with Crippen LogP contribution in [0.3, 0.4) is 0 Å². The summed E-state index contributed by atoms with van der Waals surface area (Å²) in [6.45, 7) is 5.29. The Bertz CT molecular complexity index is 1150. The second-order valence-corrected chi connectivity index (χ2v) is 7.58. The lowest BCUT2D eigenvalue weighted by Gasteiger charge is -2.26. The number of piperidine rings is 1. The van der Waals surface area contributed by atoms with Crippen LogP contribution in [0.1, 0.15) is 42.5 Å². The summed E-state index contributed by atoms with van der Waals surface area (Å²) < 4.78 is 1.64. The largest absolute Gasteiger partial charge is 0.339 e. The Balaban J connectivity index is 1.84. The van der Waals surface area contributed by atoms with Gasteiger partial charge in [0, 0.05) is 44.2 Å². The average molecular weight is 447 g/mol. The number of nitrogens with zero attached hydrogens (tertiary/aromatic N) is 5. The molecular weight excluding hydrogens is 420 g/mol. The highest BCUT2D eigenvalue weighted by atomic mass is 16.2. The molecule has 9 heteroatoms. The van der Waals surface area contributed by atoms with Gasteiger partial charge in [0.25, 0.3) is 5.91 Å².